The lowest BCUT2D eigenvalue weighted by molar-refractivity contribution is -0.136. The number of rotatable bonds is 5. The van der Waals surface area contributed by atoms with Gasteiger partial charge in [-0.25, -0.2) is 12.7 Å². The minimum absolute atomic E-state index is 0.379. The first-order valence-corrected chi connectivity index (χ1v) is 7.54. The molecule has 1 atom stereocenters. The lowest BCUT2D eigenvalue weighted by Gasteiger charge is -2.27. The number of hydrogen-bond acceptors (Lipinski definition) is 3. The first-order chi connectivity index (χ1) is 7.85. The van der Waals surface area contributed by atoms with E-state index in [0.29, 0.717) is 12.5 Å². The molecule has 0 aromatic rings. The number of sulfonamides is 1. The summed E-state index contributed by atoms with van der Waals surface area (Å²) in [5.41, 5.74) is 0. The molecule has 0 radical (unpaired) electrons. The second-order valence-electron chi connectivity index (χ2n) is 4.81. The lowest BCUT2D eigenvalue weighted by Crippen LogP contribution is -2.41. The fourth-order valence-electron chi connectivity index (χ4n) is 2.23. The lowest BCUT2D eigenvalue weighted by atomic mass is 9.89. The van der Waals surface area contributed by atoms with Crippen LogP contribution in [-0.2, 0) is 14.8 Å². The molecule has 1 aliphatic carbocycles. The van der Waals surface area contributed by atoms with Gasteiger partial charge in [0.05, 0.1) is 0 Å². The number of aliphatic carboxylic acids is 1. The molecule has 0 amide bonds. The highest BCUT2D eigenvalue weighted by Gasteiger charge is 2.32. The molecule has 17 heavy (non-hydrogen) atoms. The Bertz CT molecular complexity index is 360. The number of carbonyl (C=O) groups is 1. The van der Waals surface area contributed by atoms with Gasteiger partial charge in [0, 0.05) is 13.6 Å². The van der Waals surface area contributed by atoms with Crippen molar-refractivity contribution in [1.29, 1.82) is 0 Å². The molecule has 1 fully saturated rings. The van der Waals surface area contributed by atoms with Gasteiger partial charge in [-0.15, -0.1) is 0 Å². The first-order valence-electron chi connectivity index (χ1n) is 6.03. The summed E-state index contributed by atoms with van der Waals surface area (Å²) >= 11 is 0. The molecule has 0 aliphatic heterocycles. The van der Waals surface area contributed by atoms with Crippen molar-refractivity contribution in [2.24, 2.45) is 5.92 Å². The SMILES string of the molecule is CC(C(=O)O)S(=O)(=O)N(C)CC1CCCCC1. The highest BCUT2D eigenvalue weighted by Crippen LogP contribution is 2.25. The molecule has 0 aromatic heterocycles. The van der Waals surface area contributed by atoms with Crippen LogP contribution in [0.25, 0.3) is 0 Å². The molecule has 0 heterocycles. The van der Waals surface area contributed by atoms with Gasteiger partial charge in [0.25, 0.3) is 0 Å². The first kappa shape index (κ1) is 14.4. The van der Waals surface area contributed by atoms with Gasteiger partial charge in [-0.1, -0.05) is 19.3 Å². The molecule has 5 nitrogen and oxygen atoms in total. The minimum atomic E-state index is -3.70. The highest BCUT2D eigenvalue weighted by molar-refractivity contribution is 7.90. The Morgan fingerprint density at radius 2 is 1.88 bits per heavy atom. The normalized spacial score (nSPS) is 20.4. The predicted molar refractivity (Wildman–Crippen MR) is 65.2 cm³/mol. The molecule has 100 valence electrons. The van der Waals surface area contributed by atoms with E-state index in [2.05, 4.69) is 0 Å². The Labute approximate surface area is 103 Å². The predicted octanol–water partition coefficient (Wildman–Crippen LogP) is 1.30. The summed E-state index contributed by atoms with van der Waals surface area (Å²) in [4.78, 5) is 10.7. The number of carboxylic acids is 1. The van der Waals surface area contributed by atoms with E-state index in [1.807, 2.05) is 0 Å². The molecule has 1 saturated carbocycles. The molecular formula is C11H21NO4S. The van der Waals surface area contributed by atoms with Crippen LogP contribution in [0.4, 0.5) is 0 Å². The summed E-state index contributed by atoms with van der Waals surface area (Å²) < 4.78 is 25.0. The van der Waals surface area contributed by atoms with Crippen LogP contribution in [0, 0.1) is 5.92 Å². The molecule has 1 unspecified atom stereocenters. The van der Waals surface area contributed by atoms with Crippen LogP contribution in [0.5, 0.6) is 0 Å². The van der Waals surface area contributed by atoms with Gasteiger partial charge in [-0.2, -0.15) is 0 Å². The second kappa shape index (κ2) is 5.82. The average Bonchev–Trinajstić information content (AvgIpc) is 2.29. The molecule has 0 aromatic carbocycles. The third-order valence-electron chi connectivity index (χ3n) is 3.47. The molecule has 0 bridgehead atoms. The van der Waals surface area contributed by atoms with Crippen LogP contribution in [0.15, 0.2) is 0 Å². The summed E-state index contributed by atoms with van der Waals surface area (Å²) in [7, 11) is -2.23. The Balaban J connectivity index is 2.62. The molecule has 1 rings (SSSR count). The Morgan fingerprint density at radius 3 is 2.35 bits per heavy atom. The van der Waals surface area contributed by atoms with Gasteiger partial charge in [0.1, 0.15) is 0 Å². The van der Waals surface area contributed by atoms with Crippen LogP contribution in [-0.4, -0.2) is 42.6 Å². The third-order valence-corrected chi connectivity index (χ3v) is 5.58. The quantitative estimate of drug-likeness (QED) is 0.811. The summed E-state index contributed by atoms with van der Waals surface area (Å²) in [6, 6.07) is 0. The average molecular weight is 263 g/mol. The second-order valence-corrected chi connectivity index (χ2v) is 7.17. The summed E-state index contributed by atoms with van der Waals surface area (Å²) in [5.74, 6) is -0.912. The maximum absolute atomic E-state index is 11.9. The summed E-state index contributed by atoms with van der Waals surface area (Å²) in [6.07, 6.45) is 5.60. The Kier molecular flexibility index (Phi) is 4.94. The summed E-state index contributed by atoms with van der Waals surface area (Å²) in [5, 5.41) is 7.40. The van der Waals surface area contributed by atoms with Crippen LogP contribution in [0.2, 0.25) is 0 Å². The Hall–Kier alpha value is -0.620. The van der Waals surface area contributed by atoms with Crippen molar-refractivity contribution in [2.45, 2.75) is 44.3 Å². The Morgan fingerprint density at radius 1 is 1.35 bits per heavy atom. The van der Waals surface area contributed by atoms with E-state index >= 15 is 0 Å². The summed E-state index contributed by atoms with van der Waals surface area (Å²) in [6.45, 7) is 1.66. The number of hydrogen-bond donors (Lipinski definition) is 1. The number of carboxylic acid groups (broad SMARTS) is 1. The molecule has 0 spiro atoms. The van der Waals surface area contributed by atoms with Crippen molar-refractivity contribution in [2.75, 3.05) is 13.6 Å². The van der Waals surface area contributed by atoms with Crippen molar-refractivity contribution >= 4 is 16.0 Å². The van der Waals surface area contributed by atoms with Crippen LogP contribution in [0.3, 0.4) is 0 Å². The van der Waals surface area contributed by atoms with Crippen molar-refractivity contribution in [3.63, 3.8) is 0 Å². The maximum atomic E-state index is 11.9. The standard InChI is InChI=1S/C11H21NO4S/c1-9(11(13)14)17(15,16)12(2)8-10-6-4-3-5-7-10/h9-10H,3-8H2,1-2H3,(H,13,14). The van der Waals surface area contributed by atoms with E-state index in [-0.39, 0.29) is 0 Å². The number of nitrogens with zero attached hydrogens (tertiary/aromatic N) is 1. The minimum Gasteiger partial charge on any atom is -0.480 e. The fraction of sp³-hybridized carbons (Fsp3) is 0.909. The van der Waals surface area contributed by atoms with E-state index in [4.69, 9.17) is 5.11 Å². The van der Waals surface area contributed by atoms with Crippen LogP contribution in [0.1, 0.15) is 39.0 Å². The van der Waals surface area contributed by atoms with Crippen molar-refractivity contribution in [3.05, 3.63) is 0 Å². The van der Waals surface area contributed by atoms with Crippen molar-refractivity contribution in [1.82, 2.24) is 4.31 Å². The van der Waals surface area contributed by atoms with E-state index < -0.39 is 21.2 Å². The maximum Gasteiger partial charge on any atom is 0.323 e. The van der Waals surface area contributed by atoms with Gasteiger partial charge in [-0.3, -0.25) is 4.79 Å². The molecule has 0 saturated heterocycles. The van der Waals surface area contributed by atoms with Crippen LogP contribution < -0.4 is 0 Å². The fourth-order valence-corrected chi connectivity index (χ4v) is 3.45. The van der Waals surface area contributed by atoms with Gasteiger partial charge < -0.3 is 5.11 Å². The zero-order chi connectivity index (χ0) is 13.1. The van der Waals surface area contributed by atoms with Gasteiger partial charge in [0.2, 0.25) is 10.0 Å². The van der Waals surface area contributed by atoms with Crippen molar-refractivity contribution < 1.29 is 18.3 Å². The molecule has 1 N–H and O–H groups in total. The van der Waals surface area contributed by atoms with Crippen LogP contribution >= 0.6 is 0 Å². The zero-order valence-corrected chi connectivity index (χ0v) is 11.2. The van der Waals surface area contributed by atoms with E-state index in [1.165, 1.54) is 24.7 Å². The zero-order valence-electron chi connectivity index (χ0n) is 10.4. The topological polar surface area (TPSA) is 74.7 Å². The largest absolute Gasteiger partial charge is 0.480 e. The molecule has 6 heteroatoms. The van der Waals surface area contributed by atoms with E-state index in [1.54, 1.807) is 0 Å². The molecule has 1 aliphatic rings. The van der Waals surface area contributed by atoms with Gasteiger partial charge >= 0.3 is 5.97 Å². The van der Waals surface area contributed by atoms with Gasteiger partial charge in [0.15, 0.2) is 5.25 Å². The van der Waals surface area contributed by atoms with Crippen molar-refractivity contribution in [3.8, 4) is 0 Å². The smallest absolute Gasteiger partial charge is 0.323 e. The van der Waals surface area contributed by atoms with E-state index in [0.717, 1.165) is 25.7 Å². The third kappa shape index (κ3) is 3.67. The molecular weight excluding hydrogens is 242 g/mol. The van der Waals surface area contributed by atoms with E-state index in [9.17, 15) is 13.2 Å². The van der Waals surface area contributed by atoms with Gasteiger partial charge in [-0.05, 0) is 25.7 Å². The monoisotopic (exact) mass is 263 g/mol. The highest BCUT2D eigenvalue weighted by atomic mass is 32.2.